The Bertz CT molecular complexity index is 800. The Balaban J connectivity index is 2.35. The van der Waals surface area contributed by atoms with Crippen LogP contribution in [-0.4, -0.2) is 19.5 Å². The van der Waals surface area contributed by atoms with Crippen LogP contribution in [0.5, 0.6) is 0 Å². The number of hydrogen-bond acceptors (Lipinski definition) is 3. The highest BCUT2D eigenvalue weighted by Gasteiger charge is 2.18. The van der Waals surface area contributed by atoms with Crippen molar-refractivity contribution in [3.8, 4) is 0 Å². The van der Waals surface area contributed by atoms with E-state index in [-0.39, 0.29) is 16.0 Å². The van der Waals surface area contributed by atoms with Crippen molar-refractivity contribution in [2.24, 2.45) is 0 Å². The van der Waals surface area contributed by atoms with E-state index in [1.807, 2.05) is 0 Å². The molecule has 7 heteroatoms. The first-order valence-electron chi connectivity index (χ1n) is 5.79. The molecule has 0 amide bonds. The molecule has 0 saturated carbocycles. The third-order valence-electron chi connectivity index (χ3n) is 2.78. The fraction of sp³-hybridized carbons (Fsp3) is 0.0714. The molecule has 0 bridgehead atoms. The SMILES string of the molecule is O=C(O)c1cccc(CS(=O)(=O)c2ccc(F)c(F)c2)c1. The van der Waals surface area contributed by atoms with E-state index >= 15 is 0 Å². The molecule has 110 valence electrons. The van der Waals surface area contributed by atoms with Gasteiger partial charge in [-0.1, -0.05) is 12.1 Å². The molecule has 0 aromatic heterocycles. The first-order chi connectivity index (χ1) is 9.79. The van der Waals surface area contributed by atoms with E-state index in [0.29, 0.717) is 6.07 Å². The van der Waals surface area contributed by atoms with E-state index in [2.05, 4.69) is 0 Å². The molecule has 0 radical (unpaired) electrons. The predicted octanol–water partition coefficient (Wildman–Crippen LogP) is 2.64. The Morgan fingerprint density at radius 1 is 1.05 bits per heavy atom. The van der Waals surface area contributed by atoms with E-state index < -0.39 is 33.2 Å². The van der Waals surface area contributed by atoms with Gasteiger partial charge in [0, 0.05) is 0 Å². The molecule has 0 aliphatic heterocycles. The molecule has 2 rings (SSSR count). The molecule has 0 atom stereocenters. The molecule has 21 heavy (non-hydrogen) atoms. The number of carbonyl (C=O) groups is 1. The molecule has 0 spiro atoms. The van der Waals surface area contributed by atoms with Gasteiger partial charge in [-0.3, -0.25) is 0 Å². The maximum atomic E-state index is 13.1. The van der Waals surface area contributed by atoms with Crippen molar-refractivity contribution in [1.82, 2.24) is 0 Å². The van der Waals surface area contributed by atoms with Crippen LogP contribution in [0, 0.1) is 11.6 Å². The van der Waals surface area contributed by atoms with E-state index in [1.165, 1.54) is 24.3 Å². The van der Waals surface area contributed by atoms with Crippen LogP contribution in [0.25, 0.3) is 0 Å². The number of benzene rings is 2. The first kappa shape index (κ1) is 15.1. The summed E-state index contributed by atoms with van der Waals surface area (Å²) < 4.78 is 50.1. The lowest BCUT2D eigenvalue weighted by atomic mass is 10.1. The van der Waals surface area contributed by atoms with Crippen LogP contribution in [0.2, 0.25) is 0 Å². The summed E-state index contributed by atoms with van der Waals surface area (Å²) in [6, 6.07) is 7.72. The Morgan fingerprint density at radius 3 is 2.38 bits per heavy atom. The lowest BCUT2D eigenvalue weighted by Crippen LogP contribution is -2.07. The molecule has 0 aliphatic rings. The Labute approximate surface area is 119 Å². The minimum absolute atomic E-state index is 0.0482. The van der Waals surface area contributed by atoms with Gasteiger partial charge in [0.1, 0.15) is 0 Å². The normalized spacial score (nSPS) is 11.3. The molecule has 0 saturated heterocycles. The Morgan fingerprint density at radius 2 is 1.76 bits per heavy atom. The summed E-state index contributed by atoms with van der Waals surface area (Å²) in [6.45, 7) is 0. The van der Waals surface area contributed by atoms with Crippen LogP contribution in [0.3, 0.4) is 0 Å². The first-order valence-corrected chi connectivity index (χ1v) is 7.45. The smallest absolute Gasteiger partial charge is 0.335 e. The summed E-state index contributed by atoms with van der Waals surface area (Å²) >= 11 is 0. The zero-order valence-corrected chi connectivity index (χ0v) is 11.4. The monoisotopic (exact) mass is 312 g/mol. The molecule has 0 fully saturated rings. The topological polar surface area (TPSA) is 71.4 Å². The van der Waals surface area contributed by atoms with Crippen molar-refractivity contribution in [1.29, 1.82) is 0 Å². The van der Waals surface area contributed by atoms with E-state index in [1.54, 1.807) is 0 Å². The van der Waals surface area contributed by atoms with Crippen molar-refractivity contribution in [3.63, 3.8) is 0 Å². The average molecular weight is 312 g/mol. The maximum absolute atomic E-state index is 13.1. The zero-order valence-electron chi connectivity index (χ0n) is 10.6. The molecule has 2 aromatic carbocycles. The van der Waals surface area contributed by atoms with E-state index in [4.69, 9.17) is 5.11 Å². The highest BCUT2D eigenvalue weighted by atomic mass is 32.2. The van der Waals surface area contributed by atoms with Crippen LogP contribution in [0.15, 0.2) is 47.4 Å². The maximum Gasteiger partial charge on any atom is 0.335 e. The molecule has 4 nitrogen and oxygen atoms in total. The number of hydrogen-bond donors (Lipinski definition) is 1. The lowest BCUT2D eigenvalue weighted by molar-refractivity contribution is 0.0696. The number of carboxylic acids is 1. The summed E-state index contributed by atoms with van der Waals surface area (Å²) in [4.78, 5) is 10.5. The standard InChI is InChI=1S/C14H10F2O4S/c15-12-5-4-11(7-13(12)16)21(19,20)8-9-2-1-3-10(6-9)14(17)18/h1-7H,8H2,(H,17,18). The number of aromatic carboxylic acids is 1. The molecular weight excluding hydrogens is 302 g/mol. The second kappa shape index (κ2) is 5.61. The number of halogens is 2. The van der Waals surface area contributed by atoms with Crippen molar-refractivity contribution < 1.29 is 27.1 Å². The van der Waals surface area contributed by atoms with Gasteiger partial charge in [-0.25, -0.2) is 22.0 Å². The van der Waals surface area contributed by atoms with Gasteiger partial charge >= 0.3 is 5.97 Å². The number of carboxylic acid groups (broad SMARTS) is 1. The van der Waals surface area contributed by atoms with Gasteiger partial charge in [0.05, 0.1) is 16.2 Å². The van der Waals surface area contributed by atoms with Gasteiger partial charge in [-0.05, 0) is 35.9 Å². The Hall–Kier alpha value is -2.28. The summed E-state index contributed by atoms with van der Waals surface area (Å²) in [5.41, 5.74) is 0.201. The van der Waals surface area contributed by atoms with Crippen LogP contribution < -0.4 is 0 Å². The highest BCUT2D eigenvalue weighted by Crippen LogP contribution is 2.19. The second-order valence-corrected chi connectivity index (χ2v) is 6.33. The molecule has 0 heterocycles. The van der Waals surface area contributed by atoms with Crippen LogP contribution in [0.1, 0.15) is 15.9 Å². The number of sulfone groups is 1. The van der Waals surface area contributed by atoms with Crippen molar-refractivity contribution >= 4 is 15.8 Å². The minimum atomic E-state index is -3.89. The van der Waals surface area contributed by atoms with Crippen molar-refractivity contribution in [2.75, 3.05) is 0 Å². The summed E-state index contributed by atoms with van der Waals surface area (Å²) in [7, 11) is -3.89. The summed E-state index contributed by atoms with van der Waals surface area (Å²) in [5, 5.41) is 8.85. The molecule has 0 unspecified atom stereocenters. The quantitative estimate of drug-likeness (QED) is 0.881. The molecule has 2 aromatic rings. The van der Waals surface area contributed by atoms with Crippen LogP contribution >= 0.6 is 0 Å². The predicted molar refractivity (Wildman–Crippen MR) is 70.6 cm³/mol. The second-order valence-electron chi connectivity index (χ2n) is 4.34. The van der Waals surface area contributed by atoms with Gasteiger partial charge in [0.15, 0.2) is 21.5 Å². The fourth-order valence-corrected chi connectivity index (χ4v) is 3.11. The van der Waals surface area contributed by atoms with Gasteiger partial charge in [-0.15, -0.1) is 0 Å². The van der Waals surface area contributed by atoms with E-state index in [9.17, 15) is 22.0 Å². The third kappa shape index (κ3) is 3.43. The molecule has 0 aliphatic carbocycles. The van der Waals surface area contributed by atoms with Crippen LogP contribution in [0.4, 0.5) is 8.78 Å². The van der Waals surface area contributed by atoms with Gasteiger partial charge in [0.25, 0.3) is 0 Å². The lowest BCUT2D eigenvalue weighted by Gasteiger charge is -2.06. The fourth-order valence-electron chi connectivity index (χ4n) is 1.77. The van der Waals surface area contributed by atoms with Crippen molar-refractivity contribution in [2.45, 2.75) is 10.6 Å². The van der Waals surface area contributed by atoms with Crippen LogP contribution in [-0.2, 0) is 15.6 Å². The average Bonchev–Trinajstić information content (AvgIpc) is 2.41. The number of rotatable bonds is 4. The molecule has 1 N–H and O–H groups in total. The van der Waals surface area contributed by atoms with Crippen molar-refractivity contribution in [3.05, 3.63) is 65.2 Å². The largest absolute Gasteiger partial charge is 0.478 e. The van der Waals surface area contributed by atoms with Gasteiger partial charge in [0.2, 0.25) is 0 Å². The molecular formula is C14H10F2O4S. The minimum Gasteiger partial charge on any atom is -0.478 e. The summed E-state index contributed by atoms with van der Waals surface area (Å²) in [5.74, 6) is -4.07. The Kier molecular flexibility index (Phi) is 4.04. The summed E-state index contributed by atoms with van der Waals surface area (Å²) in [6.07, 6.45) is 0. The van der Waals surface area contributed by atoms with Gasteiger partial charge in [-0.2, -0.15) is 0 Å². The third-order valence-corrected chi connectivity index (χ3v) is 4.47. The highest BCUT2D eigenvalue weighted by molar-refractivity contribution is 7.90. The zero-order chi connectivity index (χ0) is 15.6. The van der Waals surface area contributed by atoms with Gasteiger partial charge < -0.3 is 5.11 Å². The van der Waals surface area contributed by atoms with E-state index in [0.717, 1.165) is 12.1 Å².